The number of hydrogen-bond donors (Lipinski definition) is 0. The van der Waals surface area contributed by atoms with Crippen molar-refractivity contribution in [1.29, 1.82) is 5.26 Å². The number of nitriles is 1. The number of carbonyl (C=O) groups is 1. The molecule has 5 nitrogen and oxygen atoms in total. The number of likely N-dealkylation sites (tertiary alicyclic amines) is 1. The van der Waals surface area contributed by atoms with Crippen LogP contribution in [0.5, 0.6) is 5.88 Å². The molecule has 2 aromatic rings. The Kier molecular flexibility index (Phi) is 5.68. The molecule has 1 amide bonds. The van der Waals surface area contributed by atoms with Crippen molar-refractivity contribution in [2.45, 2.75) is 23.2 Å². The molecule has 1 atom stereocenters. The zero-order valence-electron chi connectivity index (χ0n) is 13.6. The van der Waals surface area contributed by atoms with E-state index in [-0.39, 0.29) is 22.5 Å². The Hall–Kier alpha value is -2.66. The minimum atomic E-state index is -2.59. The lowest BCUT2D eigenvalue weighted by molar-refractivity contribution is 0.0767. The second-order valence-corrected chi connectivity index (χ2v) is 6.68. The number of rotatable bonds is 5. The van der Waals surface area contributed by atoms with Crippen molar-refractivity contribution < 1.29 is 18.3 Å². The van der Waals surface area contributed by atoms with E-state index in [0.717, 1.165) is 0 Å². The highest BCUT2D eigenvalue weighted by Gasteiger charge is 2.30. The second-order valence-electron chi connectivity index (χ2n) is 5.65. The van der Waals surface area contributed by atoms with Gasteiger partial charge in [-0.3, -0.25) is 4.79 Å². The molecule has 8 heteroatoms. The second kappa shape index (κ2) is 8.15. The Balaban J connectivity index is 1.67. The fraction of sp³-hybridized carbons (Fsp3) is 0.278. The molecular weight excluding hydrogens is 360 g/mol. The average molecular weight is 375 g/mol. The van der Waals surface area contributed by atoms with Gasteiger partial charge in [-0.2, -0.15) is 14.0 Å². The first-order valence-corrected chi connectivity index (χ1v) is 8.80. The standard InChI is InChI=1S/C18H15F2N3O2S/c19-18(20)26-15-4-2-1-3-14(15)17(24)23-8-6-13(11-23)25-16-9-12(10-21)5-7-22-16/h1-5,7,9,13,18H,6,8,11H2. The first-order valence-electron chi connectivity index (χ1n) is 7.92. The van der Waals surface area contributed by atoms with E-state index in [1.165, 1.54) is 12.3 Å². The highest BCUT2D eigenvalue weighted by Crippen LogP contribution is 2.30. The Morgan fingerprint density at radius 3 is 2.96 bits per heavy atom. The van der Waals surface area contributed by atoms with E-state index >= 15 is 0 Å². The topological polar surface area (TPSA) is 66.2 Å². The van der Waals surface area contributed by atoms with Gasteiger partial charge >= 0.3 is 0 Å². The van der Waals surface area contributed by atoms with Crippen molar-refractivity contribution in [3.63, 3.8) is 0 Å². The van der Waals surface area contributed by atoms with Crippen LogP contribution in [0.2, 0.25) is 0 Å². The highest BCUT2D eigenvalue weighted by molar-refractivity contribution is 7.99. The van der Waals surface area contributed by atoms with Gasteiger partial charge in [0.15, 0.2) is 0 Å². The summed E-state index contributed by atoms with van der Waals surface area (Å²) in [7, 11) is 0. The maximum absolute atomic E-state index is 12.7. The summed E-state index contributed by atoms with van der Waals surface area (Å²) in [5, 5.41) is 8.91. The van der Waals surface area contributed by atoms with Gasteiger partial charge < -0.3 is 9.64 Å². The number of aromatic nitrogens is 1. The van der Waals surface area contributed by atoms with E-state index in [0.29, 0.717) is 42.7 Å². The van der Waals surface area contributed by atoms with Gasteiger partial charge in [0.05, 0.1) is 23.7 Å². The molecule has 1 aliphatic heterocycles. The van der Waals surface area contributed by atoms with Crippen molar-refractivity contribution in [3.8, 4) is 11.9 Å². The SMILES string of the molecule is N#Cc1ccnc(OC2CCN(C(=O)c3ccccc3SC(F)F)C2)c1. The maximum atomic E-state index is 12.7. The summed E-state index contributed by atoms with van der Waals surface area (Å²) >= 11 is 0.367. The van der Waals surface area contributed by atoms with Gasteiger partial charge in [0, 0.05) is 30.1 Å². The lowest BCUT2D eigenvalue weighted by Gasteiger charge is -2.18. The molecule has 1 aliphatic rings. The van der Waals surface area contributed by atoms with Crippen LogP contribution in [0.4, 0.5) is 8.78 Å². The largest absolute Gasteiger partial charge is 0.472 e. The van der Waals surface area contributed by atoms with E-state index in [1.54, 1.807) is 35.2 Å². The molecule has 1 fully saturated rings. The molecule has 0 bridgehead atoms. The number of carbonyl (C=O) groups excluding carboxylic acids is 1. The molecule has 1 saturated heterocycles. The van der Waals surface area contributed by atoms with Crippen LogP contribution in [-0.4, -0.2) is 40.7 Å². The van der Waals surface area contributed by atoms with E-state index in [4.69, 9.17) is 10.00 Å². The molecule has 0 spiro atoms. The number of hydrogen-bond acceptors (Lipinski definition) is 5. The van der Waals surface area contributed by atoms with Crippen LogP contribution >= 0.6 is 11.8 Å². The summed E-state index contributed by atoms with van der Waals surface area (Å²) in [6.07, 6.45) is 1.84. The van der Waals surface area contributed by atoms with Crippen molar-refractivity contribution in [2.24, 2.45) is 0 Å². The molecule has 2 heterocycles. The van der Waals surface area contributed by atoms with Gasteiger partial charge in [-0.15, -0.1) is 0 Å². The van der Waals surface area contributed by atoms with E-state index in [1.807, 2.05) is 6.07 Å². The third-order valence-corrected chi connectivity index (χ3v) is 4.71. The quantitative estimate of drug-likeness (QED) is 0.748. The zero-order chi connectivity index (χ0) is 18.5. The summed E-state index contributed by atoms with van der Waals surface area (Å²) < 4.78 is 31.1. The number of amides is 1. The average Bonchev–Trinajstić information content (AvgIpc) is 3.10. The van der Waals surface area contributed by atoms with Gasteiger partial charge in [-0.25, -0.2) is 4.98 Å². The van der Waals surface area contributed by atoms with Crippen LogP contribution in [0.15, 0.2) is 47.5 Å². The molecule has 0 aliphatic carbocycles. The number of benzene rings is 1. The van der Waals surface area contributed by atoms with Crippen molar-refractivity contribution in [2.75, 3.05) is 13.1 Å². The number of halogens is 2. The van der Waals surface area contributed by atoms with Crippen molar-refractivity contribution in [3.05, 3.63) is 53.7 Å². The maximum Gasteiger partial charge on any atom is 0.288 e. The Morgan fingerprint density at radius 1 is 1.38 bits per heavy atom. The van der Waals surface area contributed by atoms with Crippen LogP contribution in [-0.2, 0) is 0 Å². The molecule has 26 heavy (non-hydrogen) atoms. The van der Waals surface area contributed by atoms with Gasteiger partial charge in [0.25, 0.3) is 11.7 Å². The van der Waals surface area contributed by atoms with Crippen LogP contribution in [0.25, 0.3) is 0 Å². The minimum Gasteiger partial charge on any atom is -0.472 e. The summed E-state index contributed by atoms with van der Waals surface area (Å²) in [5.74, 6) is -2.55. The van der Waals surface area contributed by atoms with E-state index < -0.39 is 5.76 Å². The molecule has 1 aromatic heterocycles. The summed E-state index contributed by atoms with van der Waals surface area (Å²) in [5.41, 5.74) is 0.710. The minimum absolute atomic E-state index is 0.254. The van der Waals surface area contributed by atoms with Crippen LogP contribution < -0.4 is 4.74 Å². The smallest absolute Gasteiger partial charge is 0.288 e. The molecular formula is C18H15F2N3O2S. The first-order chi connectivity index (χ1) is 12.6. The molecule has 1 unspecified atom stereocenters. The van der Waals surface area contributed by atoms with Crippen LogP contribution in [0.3, 0.4) is 0 Å². The number of thioether (sulfide) groups is 1. The van der Waals surface area contributed by atoms with Crippen LogP contribution in [0, 0.1) is 11.3 Å². The van der Waals surface area contributed by atoms with Crippen LogP contribution in [0.1, 0.15) is 22.3 Å². The number of ether oxygens (including phenoxy) is 1. The first kappa shape index (κ1) is 18.1. The normalized spacial score (nSPS) is 16.5. The Bertz CT molecular complexity index is 841. The van der Waals surface area contributed by atoms with Gasteiger partial charge in [0.2, 0.25) is 5.88 Å². The molecule has 0 N–H and O–H groups in total. The third kappa shape index (κ3) is 4.29. The summed E-state index contributed by atoms with van der Waals surface area (Å²) in [6.45, 7) is 0.806. The number of nitrogens with zero attached hydrogens (tertiary/aromatic N) is 3. The van der Waals surface area contributed by atoms with Crippen molar-refractivity contribution in [1.82, 2.24) is 9.88 Å². The molecule has 3 rings (SSSR count). The predicted molar refractivity (Wildman–Crippen MR) is 92.2 cm³/mol. The van der Waals surface area contributed by atoms with E-state index in [2.05, 4.69) is 4.98 Å². The number of pyridine rings is 1. The van der Waals surface area contributed by atoms with Gasteiger partial charge in [-0.05, 0) is 18.2 Å². The zero-order valence-corrected chi connectivity index (χ0v) is 14.5. The van der Waals surface area contributed by atoms with Gasteiger partial charge in [0.1, 0.15) is 6.10 Å². The lowest BCUT2D eigenvalue weighted by Crippen LogP contribution is -2.31. The summed E-state index contributed by atoms with van der Waals surface area (Å²) in [6, 6.07) is 11.5. The van der Waals surface area contributed by atoms with Gasteiger partial charge in [-0.1, -0.05) is 23.9 Å². The molecule has 0 saturated carbocycles. The monoisotopic (exact) mass is 375 g/mol. The molecule has 0 radical (unpaired) electrons. The fourth-order valence-corrected chi connectivity index (χ4v) is 3.37. The fourth-order valence-electron chi connectivity index (χ4n) is 2.74. The summed E-state index contributed by atoms with van der Waals surface area (Å²) in [4.78, 5) is 18.6. The third-order valence-electron chi connectivity index (χ3n) is 3.92. The predicted octanol–water partition coefficient (Wildman–Crippen LogP) is 3.56. The highest BCUT2D eigenvalue weighted by atomic mass is 32.2. The Morgan fingerprint density at radius 2 is 2.19 bits per heavy atom. The van der Waals surface area contributed by atoms with Crippen molar-refractivity contribution >= 4 is 17.7 Å². The Labute approximate surface area is 153 Å². The number of alkyl halides is 2. The molecule has 1 aromatic carbocycles. The lowest BCUT2D eigenvalue weighted by atomic mass is 10.2. The molecule has 134 valence electrons. The van der Waals surface area contributed by atoms with E-state index in [9.17, 15) is 13.6 Å².